The lowest BCUT2D eigenvalue weighted by molar-refractivity contribution is -0.277. The molecule has 0 radical (unpaired) electrons. The highest BCUT2D eigenvalue weighted by atomic mass is 19.4. The Kier molecular flexibility index (Phi) is 10.3. The molecule has 2 aromatic carbocycles. The van der Waals surface area contributed by atoms with Gasteiger partial charge >= 0.3 is 12.3 Å². The van der Waals surface area contributed by atoms with E-state index < -0.39 is 65.0 Å². The third kappa shape index (κ3) is 7.70. The summed E-state index contributed by atoms with van der Waals surface area (Å²) in [6.07, 6.45) is -7.65. The first-order chi connectivity index (χ1) is 19.8. The van der Waals surface area contributed by atoms with Crippen molar-refractivity contribution in [2.75, 3.05) is 13.7 Å². The molecule has 2 aliphatic rings. The summed E-state index contributed by atoms with van der Waals surface area (Å²) < 4.78 is 136. The van der Waals surface area contributed by atoms with E-state index in [9.17, 15) is 30.7 Å². The Hall–Kier alpha value is -2.53. The first-order valence-corrected chi connectivity index (χ1v) is 14.0. The summed E-state index contributed by atoms with van der Waals surface area (Å²) in [6, 6.07) is 7.08. The van der Waals surface area contributed by atoms with Crippen molar-refractivity contribution in [3.05, 3.63) is 81.9 Å². The normalized spacial score (nSPS) is 24.4. The zero-order valence-corrected chi connectivity index (χ0v) is 23.1. The van der Waals surface area contributed by atoms with Crippen LogP contribution in [0.5, 0.6) is 0 Å². The van der Waals surface area contributed by atoms with Crippen LogP contribution in [-0.2, 0) is 28.2 Å². The second-order valence-corrected chi connectivity index (χ2v) is 11.1. The van der Waals surface area contributed by atoms with Gasteiger partial charge in [-0.1, -0.05) is 24.3 Å². The summed E-state index contributed by atoms with van der Waals surface area (Å²) in [5.74, 6) is -7.26. The Bertz CT molecular complexity index is 1200. The van der Waals surface area contributed by atoms with E-state index in [2.05, 4.69) is 0 Å². The molecule has 232 valence electrons. The summed E-state index contributed by atoms with van der Waals surface area (Å²) in [7, 11) is 1.55. The van der Waals surface area contributed by atoms with Crippen LogP contribution in [0.25, 0.3) is 0 Å². The summed E-state index contributed by atoms with van der Waals surface area (Å²) in [4.78, 5) is 0. The molecule has 0 heterocycles. The molecule has 0 spiro atoms. The van der Waals surface area contributed by atoms with Crippen molar-refractivity contribution in [1.82, 2.24) is 0 Å². The van der Waals surface area contributed by atoms with Crippen molar-refractivity contribution in [2.24, 2.45) is 11.8 Å². The fraction of sp³-hybridized carbons (Fsp3) is 0.548. The van der Waals surface area contributed by atoms with Gasteiger partial charge in [-0.2, -0.15) is 22.0 Å². The predicted octanol–water partition coefficient (Wildman–Crippen LogP) is 9.92. The van der Waals surface area contributed by atoms with Gasteiger partial charge in [0.2, 0.25) is 0 Å². The molecule has 0 atom stereocenters. The Morgan fingerprint density at radius 3 is 1.74 bits per heavy atom. The summed E-state index contributed by atoms with van der Waals surface area (Å²) >= 11 is 0. The molecular formula is C31H33F9O2. The first kappa shape index (κ1) is 32.4. The third-order valence-electron chi connectivity index (χ3n) is 8.37. The molecule has 0 unspecified atom stereocenters. The van der Waals surface area contributed by atoms with Crippen LogP contribution in [0.2, 0.25) is 0 Å². The molecule has 0 amide bonds. The van der Waals surface area contributed by atoms with Crippen LogP contribution in [-0.4, -0.2) is 19.8 Å². The summed E-state index contributed by atoms with van der Waals surface area (Å²) in [5, 5.41) is 0. The molecule has 2 aromatic rings. The number of alkyl halides is 5. The molecule has 11 heteroatoms. The highest BCUT2D eigenvalue weighted by molar-refractivity contribution is 5.31. The highest BCUT2D eigenvalue weighted by Crippen LogP contribution is 2.45. The molecule has 4 rings (SSSR count). The summed E-state index contributed by atoms with van der Waals surface area (Å²) in [5.41, 5.74) is -1.34. The molecule has 2 fully saturated rings. The van der Waals surface area contributed by atoms with E-state index in [-0.39, 0.29) is 62.5 Å². The lowest BCUT2D eigenvalue weighted by atomic mass is 9.77. The standard InChI is InChI=1S/C31H33F9O2/c1-41-15-14-18-2-10-23(11-3-18)31(39,40)42-24-12-8-21(9-13-24)29(35)28(34)20-6-4-19(5-7-20)22-16-25(32)27(26(33)17-22)30(36,37)38/h2-3,10-11,16-17,19-21,24H,4-9,12-15H2,1H3/b29-28+. The van der Waals surface area contributed by atoms with E-state index in [4.69, 9.17) is 9.47 Å². The molecule has 0 bridgehead atoms. The lowest BCUT2D eigenvalue weighted by Gasteiger charge is -2.32. The minimum Gasteiger partial charge on any atom is -0.384 e. The molecular weight excluding hydrogens is 575 g/mol. The number of allylic oxidation sites excluding steroid dienone is 2. The van der Waals surface area contributed by atoms with Gasteiger partial charge < -0.3 is 9.47 Å². The van der Waals surface area contributed by atoms with Gasteiger partial charge in [0.15, 0.2) is 0 Å². The SMILES string of the molecule is COCCc1ccc(C(F)(F)OC2CCC(/C(F)=C(\F)C3CCC(c4cc(F)c(C(F)(F)F)c(F)c4)CC3)CC2)cc1. The smallest absolute Gasteiger partial charge is 0.384 e. The van der Waals surface area contributed by atoms with E-state index in [1.807, 2.05) is 0 Å². The molecule has 0 N–H and O–H groups in total. The van der Waals surface area contributed by atoms with Crippen LogP contribution < -0.4 is 0 Å². The quantitative estimate of drug-likeness (QED) is 0.264. The Balaban J connectivity index is 1.30. The van der Waals surface area contributed by atoms with Crippen LogP contribution in [0.4, 0.5) is 39.5 Å². The molecule has 42 heavy (non-hydrogen) atoms. The number of hydrogen-bond donors (Lipinski definition) is 0. The van der Waals surface area contributed by atoms with Gasteiger partial charge in [-0.25, -0.2) is 17.6 Å². The predicted molar refractivity (Wildman–Crippen MR) is 138 cm³/mol. The van der Waals surface area contributed by atoms with Crippen molar-refractivity contribution >= 4 is 0 Å². The average Bonchev–Trinajstić information content (AvgIpc) is 2.94. The second kappa shape index (κ2) is 13.4. The van der Waals surface area contributed by atoms with Gasteiger partial charge in [0.1, 0.15) is 28.9 Å². The number of hydrogen-bond acceptors (Lipinski definition) is 2. The van der Waals surface area contributed by atoms with Gasteiger partial charge in [0, 0.05) is 18.9 Å². The van der Waals surface area contributed by atoms with E-state index in [0.717, 1.165) is 5.56 Å². The number of ether oxygens (including phenoxy) is 2. The van der Waals surface area contributed by atoms with E-state index in [1.54, 1.807) is 19.2 Å². The third-order valence-corrected chi connectivity index (χ3v) is 8.37. The lowest BCUT2D eigenvalue weighted by Crippen LogP contribution is -2.30. The Morgan fingerprint density at radius 2 is 1.26 bits per heavy atom. The topological polar surface area (TPSA) is 18.5 Å². The fourth-order valence-corrected chi connectivity index (χ4v) is 5.97. The minimum absolute atomic E-state index is 0.0541. The van der Waals surface area contributed by atoms with E-state index in [1.165, 1.54) is 12.1 Å². The summed E-state index contributed by atoms with van der Waals surface area (Å²) in [6.45, 7) is 0.466. The van der Waals surface area contributed by atoms with E-state index >= 15 is 8.78 Å². The zero-order chi connectivity index (χ0) is 30.7. The molecule has 2 nitrogen and oxygen atoms in total. The average molecular weight is 609 g/mol. The van der Waals surface area contributed by atoms with Crippen molar-refractivity contribution in [1.29, 1.82) is 0 Å². The van der Waals surface area contributed by atoms with Crippen LogP contribution in [0.3, 0.4) is 0 Å². The van der Waals surface area contributed by atoms with Crippen LogP contribution in [0.15, 0.2) is 48.1 Å². The van der Waals surface area contributed by atoms with Crippen LogP contribution >= 0.6 is 0 Å². The largest absolute Gasteiger partial charge is 0.422 e. The van der Waals surface area contributed by atoms with E-state index in [0.29, 0.717) is 25.2 Å². The monoisotopic (exact) mass is 608 g/mol. The zero-order valence-electron chi connectivity index (χ0n) is 23.1. The van der Waals surface area contributed by atoms with Crippen molar-refractivity contribution in [2.45, 2.75) is 82.1 Å². The molecule has 0 saturated heterocycles. The van der Waals surface area contributed by atoms with Crippen LogP contribution in [0.1, 0.15) is 79.5 Å². The number of halogens is 9. The molecule has 0 aliphatic heterocycles. The maximum Gasteiger partial charge on any atom is 0.422 e. The maximum atomic E-state index is 15.1. The van der Waals surface area contributed by atoms with Crippen molar-refractivity contribution in [3.63, 3.8) is 0 Å². The van der Waals surface area contributed by atoms with Crippen molar-refractivity contribution < 1.29 is 49.0 Å². The number of methoxy groups -OCH3 is 1. The van der Waals surface area contributed by atoms with Gasteiger partial charge in [-0.3, -0.25) is 0 Å². The minimum atomic E-state index is -5.17. The molecule has 0 aromatic heterocycles. The van der Waals surface area contributed by atoms with Crippen LogP contribution in [0, 0.1) is 23.5 Å². The Labute approximate surface area is 238 Å². The molecule has 2 saturated carbocycles. The Morgan fingerprint density at radius 1 is 0.762 bits per heavy atom. The van der Waals surface area contributed by atoms with Gasteiger partial charge in [0.05, 0.1) is 18.3 Å². The highest BCUT2D eigenvalue weighted by Gasteiger charge is 2.40. The first-order valence-electron chi connectivity index (χ1n) is 14.0. The fourth-order valence-electron chi connectivity index (χ4n) is 5.97. The van der Waals surface area contributed by atoms with Gasteiger partial charge in [-0.05, 0) is 87.0 Å². The number of rotatable bonds is 9. The van der Waals surface area contributed by atoms with Crippen molar-refractivity contribution in [3.8, 4) is 0 Å². The number of benzene rings is 2. The molecule has 2 aliphatic carbocycles. The van der Waals surface area contributed by atoms with Gasteiger partial charge in [-0.15, -0.1) is 0 Å². The van der Waals surface area contributed by atoms with Gasteiger partial charge in [0.25, 0.3) is 0 Å². The maximum absolute atomic E-state index is 15.1. The second-order valence-electron chi connectivity index (χ2n) is 11.1.